The molecule has 1 atom stereocenters. The lowest BCUT2D eigenvalue weighted by molar-refractivity contribution is -0.136. The number of carboxylic acid groups (broad SMARTS) is 1. The first-order valence-corrected chi connectivity index (χ1v) is 9.37. The van der Waals surface area contributed by atoms with E-state index < -0.39 is 5.97 Å². The molecular weight excluding hydrogens is 280 g/mol. The van der Waals surface area contributed by atoms with Crippen molar-refractivity contribution in [3.8, 4) is 0 Å². The van der Waals surface area contributed by atoms with Crippen LogP contribution in [0.1, 0.15) is 71.6 Å². The van der Waals surface area contributed by atoms with Crippen molar-refractivity contribution in [1.82, 2.24) is 0 Å². The summed E-state index contributed by atoms with van der Waals surface area (Å²) >= 11 is 1.54. The second-order valence-corrected chi connectivity index (χ2v) is 6.82. The number of rotatable bonds is 14. The van der Waals surface area contributed by atoms with Gasteiger partial charge in [0.1, 0.15) is 0 Å². The predicted octanol–water partition coefficient (Wildman–Crippen LogP) is 5.84. The van der Waals surface area contributed by atoms with Crippen molar-refractivity contribution in [3.05, 3.63) is 24.3 Å². The Labute approximate surface area is 135 Å². The highest BCUT2D eigenvalue weighted by atomic mass is 32.2. The molecule has 0 aromatic carbocycles. The minimum Gasteiger partial charge on any atom is -0.480 e. The molecule has 0 radical (unpaired) electrons. The second kappa shape index (κ2) is 15.7. The molecule has 0 saturated heterocycles. The highest BCUT2D eigenvalue weighted by Crippen LogP contribution is 2.14. The first kappa shape index (κ1) is 20.3. The molecule has 1 N–H and O–H groups in total. The number of carboxylic acids is 1. The quantitative estimate of drug-likeness (QED) is 0.323. The monoisotopic (exact) mass is 312 g/mol. The molecule has 21 heavy (non-hydrogen) atoms. The van der Waals surface area contributed by atoms with Crippen LogP contribution in [-0.2, 0) is 4.79 Å². The molecule has 0 aromatic rings. The van der Waals surface area contributed by atoms with E-state index in [2.05, 4.69) is 31.2 Å². The van der Waals surface area contributed by atoms with Gasteiger partial charge in [-0.25, -0.2) is 0 Å². The molecule has 0 saturated carbocycles. The molecular formula is C18H32O2S. The van der Waals surface area contributed by atoms with E-state index in [4.69, 9.17) is 5.11 Å². The SMILES string of the molecule is CCCCC/C=C\C/C=C\CCCCCSC(C)C(=O)O. The molecule has 0 rings (SSSR count). The molecule has 0 aromatic heterocycles. The third-order valence-corrected chi connectivity index (χ3v) is 4.54. The van der Waals surface area contributed by atoms with Crippen molar-refractivity contribution in [1.29, 1.82) is 0 Å². The van der Waals surface area contributed by atoms with E-state index in [-0.39, 0.29) is 5.25 Å². The summed E-state index contributed by atoms with van der Waals surface area (Å²) in [6.07, 6.45) is 19.9. The lowest BCUT2D eigenvalue weighted by Crippen LogP contribution is -2.11. The maximum atomic E-state index is 10.6. The zero-order chi connectivity index (χ0) is 15.8. The van der Waals surface area contributed by atoms with Gasteiger partial charge in [-0.15, -0.1) is 11.8 Å². The Bertz CT molecular complexity index is 298. The van der Waals surface area contributed by atoms with E-state index in [1.54, 1.807) is 18.7 Å². The highest BCUT2D eigenvalue weighted by Gasteiger charge is 2.09. The number of hydrogen-bond acceptors (Lipinski definition) is 2. The smallest absolute Gasteiger partial charge is 0.316 e. The third kappa shape index (κ3) is 15.5. The number of hydrogen-bond donors (Lipinski definition) is 1. The van der Waals surface area contributed by atoms with Crippen LogP contribution in [0, 0.1) is 0 Å². The van der Waals surface area contributed by atoms with Crippen molar-refractivity contribution in [3.63, 3.8) is 0 Å². The summed E-state index contributed by atoms with van der Waals surface area (Å²) in [6, 6.07) is 0. The van der Waals surface area contributed by atoms with Crippen LogP contribution < -0.4 is 0 Å². The van der Waals surface area contributed by atoms with Gasteiger partial charge >= 0.3 is 5.97 Å². The number of carbonyl (C=O) groups is 1. The van der Waals surface area contributed by atoms with Crippen LogP contribution in [0.15, 0.2) is 24.3 Å². The fourth-order valence-corrected chi connectivity index (χ4v) is 2.76. The van der Waals surface area contributed by atoms with Gasteiger partial charge in [0, 0.05) is 0 Å². The third-order valence-electron chi connectivity index (χ3n) is 3.31. The summed E-state index contributed by atoms with van der Waals surface area (Å²) in [5, 5.41) is 8.48. The number of allylic oxidation sites excluding steroid dienone is 4. The predicted molar refractivity (Wildman–Crippen MR) is 95.1 cm³/mol. The Hall–Kier alpha value is -0.700. The van der Waals surface area contributed by atoms with E-state index in [0.717, 1.165) is 25.0 Å². The molecule has 0 amide bonds. The van der Waals surface area contributed by atoms with Crippen molar-refractivity contribution < 1.29 is 9.90 Å². The van der Waals surface area contributed by atoms with Gasteiger partial charge in [0.05, 0.1) is 5.25 Å². The Morgan fingerprint density at radius 1 is 1.00 bits per heavy atom. The average molecular weight is 313 g/mol. The minimum absolute atomic E-state index is 0.269. The summed E-state index contributed by atoms with van der Waals surface area (Å²) in [4.78, 5) is 10.6. The van der Waals surface area contributed by atoms with E-state index in [1.807, 2.05) is 0 Å². The molecule has 3 heteroatoms. The van der Waals surface area contributed by atoms with Crippen LogP contribution in [-0.4, -0.2) is 22.1 Å². The van der Waals surface area contributed by atoms with Crippen LogP contribution >= 0.6 is 11.8 Å². The average Bonchev–Trinajstić information content (AvgIpc) is 2.47. The van der Waals surface area contributed by atoms with Gasteiger partial charge in [0.15, 0.2) is 0 Å². The van der Waals surface area contributed by atoms with E-state index in [1.165, 1.54) is 38.5 Å². The summed E-state index contributed by atoms with van der Waals surface area (Å²) in [7, 11) is 0. The summed E-state index contributed by atoms with van der Waals surface area (Å²) in [5.41, 5.74) is 0. The fraction of sp³-hybridized carbons (Fsp3) is 0.722. The van der Waals surface area contributed by atoms with Gasteiger partial charge in [-0.2, -0.15) is 0 Å². The van der Waals surface area contributed by atoms with Crippen molar-refractivity contribution >= 4 is 17.7 Å². The van der Waals surface area contributed by atoms with Crippen molar-refractivity contribution in [2.45, 2.75) is 76.9 Å². The van der Waals surface area contributed by atoms with Gasteiger partial charge in [0.25, 0.3) is 0 Å². The van der Waals surface area contributed by atoms with Crippen LogP contribution in [0.3, 0.4) is 0 Å². The largest absolute Gasteiger partial charge is 0.480 e. The first-order valence-electron chi connectivity index (χ1n) is 8.32. The van der Waals surface area contributed by atoms with Crippen molar-refractivity contribution in [2.75, 3.05) is 5.75 Å². The lowest BCUT2D eigenvalue weighted by Gasteiger charge is -2.04. The molecule has 0 aliphatic heterocycles. The molecule has 0 aliphatic rings. The Morgan fingerprint density at radius 2 is 1.62 bits per heavy atom. The summed E-state index contributed by atoms with van der Waals surface area (Å²) in [5.74, 6) is 0.253. The molecule has 0 spiro atoms. The number of unbranched alkanes of at least 4 members (excludes halogenated alkanes) is 6. The molecule has 0 aliphatic carbocycles. The van der Waals surface area contributed by atoms with Gasteiger partial charge in [-0.3, -0.25) is 4.79 Å². The van der Waals surface area contributed by atoms with Crippen LogP contribution in [0.5, 0.6) is 0 Å². The normalized spacial score (nSPS) is 13.2. The van der Waals surface area contributed by atoms with E-state index in [0.29, 0.717) is 0 Å². The van der Waals surface area contributed by atoms with Crippen LogP contribution in [0.2, 0.25) is 0 Å². The molecule has 122 valence electrons. The van der Waals surface area contributed by atoms with Gasteiger partial charge in [0.2, 0.25) is 0 Å². The Balaban J connectivity index is 3.27. The number of thioether (sulfide) groups is 1. The number of aliphatic carboxylic acids is 1. The van der Waals surface area contributed by atoms with Gasteiger partial charge < -0.3 is 5.11 Å². The standard InChI is InChI=1S/C18H32O2S/c1-3-4-5-6-7-8-9-10-11-12-13-14-15-16-21-17(2)18(19)20/h7-8,10-11,17H,3-6,9,12-16H2,1-2H3,(H,19,20)/b8-7-,11-10-. The maximum absolute atomic E-state index is 10.6. The highest BCUT2D eigenvalue weighted by molar-refractivity contribution is 8.00. The summed E-state index contributed by atoms with van der Waals surface area (Å²) < 4.78 is 0. The maximum Gasteiger partial charge on any atom is 0.316 e. The van der Waals surface area contributed by atoms with E-state index >= 15 is 0 Å². The minimum atomic E-state index is -0.703. The van der Waals surface area contributed by atoms with Gasteiger partial charge in [-0.1, -0.05) is 50.5 Å². The zero-order valence-corrected chi connectivity index (χ0v) is 14.5. The molecule has 0 bridgehead atoms. The first-order chi connectivity index (χ1) is 10.2. The van der Waals surface area contributed by atoms with Gasteiger partial charge in [-0.05, 0) is 51.2 Å². The molecule has 0 heterocycles. The second-order valence-electron chi connectivity index (χ2n) is 5.37. The molecule has 1 unspecified atom stereocenters. The van der Waals surface area contributed by atoms with E-state index in [9.17, 15) is 4.79 Å². The fourth-order valence-electron chi connectivity index (χ4n) is 1.89. The zero-order valence-electron chi connectivity index (χ0n) is 13.7. The lowest BCUT2D eigenvalue weighted by atomic mass is 10.2. The van der Waals surface area contributed by atoms with Crippen LogP contribution in [0.4, 0.5) is 0 Å². The Kier molecular flexibility index (Phi) is 15.2. The molecule has 0 fully saturated rings. The topological polar surface area (TPSA) is 37.3 Å². The summed E-state index contributed by atoms with van der Waals surface area (Å²) in [6.45, 7) is 3.99. The Morgan fingerprint density at radius 3 is 2.19 bits per heavy atom. The van der Waals surface area contributed by atoms with Crippen molar-refractivity contribution in [2.24, 2.45) is 0 Å². The molecule has 2 nitrogen and oxygen atoms in total. The van der Waals surface area contributed by atoms with Crippen LogP contribution in [0.25, 0.3) is 0 Å².